The molecule has 3 amide bonds. The first-order chi connectivity index (χ1) is 16.6. The number of urea groups is 1. The molecular weight excluding hydrogens is 436 g/mol. The highest BCUT2D eigenvalue weighted by atomic mass is 16.5. The van der Waals surface area contributed by atoms with E-state index in [2.05, 4.69) is 20.9 Å². The van der Waals surface area contributed by atoms with E-state index >= 15 is 0 Å². The molecule has 0 aliphatic carbocycles. The Morgan fingerprint density at radius 3 is 2.53 bits per heavy atom. The van der Waals surface area contributed by atoms with Gasteiger partial charge in [0, 0.05) is 38.3 Å². The lowest BCUT2D eigenvalue weighted by Gasteiger charge is -2.35. The van der Waals surface area contributed by atoms with E-state index in [9.17, 15) is 9.59 Å². The number of para-hydroxylation sites is 1. The topological polar surface area (TPSA) is 101 Å². The fourth-order valence-electron chi connectivity index (χ4n) is 3.80. The van der Waals surface area contributed by atoms with E-state index in [0.29, 0.717) is 43.6 Å². The van der Waals surface area contributed by atoms with Gasteiger partial charge in [-0.2, -0.15) is 0 Å². The molecule has 2 aromatic carbocycles. The highest BCUT2D eigenvalue weighted by Crippen LogP contribution is 2.32. The van der Waals surface area contributed by atoms with Crippen LogP contribution >= 0.6 is 0 Å². The van der Waals surface area contributed by atoms with Gasteiger partial charge < -0.3 is 30.2 Å². The number of methoxy groups -OCH3 is 1. The molecule has 184 valence electrons. The van der Waals surface area contributed by atoms with Crippen LogP contribution in [0.3, 0.4) is 0 Å². The lowest BCUT2D eigenvalue weighted by atomic mass is 10.0. The number of anilines is 1. The summed E-state index contributed by atoms with van der Waals surface area (Å²) >= 11 is 0. The summed E-state index contributed by atoms with van der Waals surface area (Å²) in [5.41, 5.74) is 1.73. The number of nitrogens with one attached hydrogen (secondary N) is 3. The van der Waals surface area contributed by atoms with Crippen molar-refractivity contribution < 1.29 is 23.8 Å². The third-order valence-electron chi connectivity index (χ3n) is 5.52. The van der Waals surface area contributed by atoms with Gasteiger partial charge in [-0.05, 0) is 36.8 Å². The Bertz CT molecular complexity index is 919. The smallest absolute Gasteiger partial charge is 0.319 e. The number of rotatable bonds is 11. The normalized spacial score (nSPS) is 14.6. The van der Waals surface area contributed by atoms with Crippen molar-refractivity contribution >= 4 is 17.6 Å². The first-order valence-corrected chi connectivity index (χ1v) is 11.6. The highest BCUT2D eigenvalue weighted by molar-refractivity contribution is 5.89. The van der Waals surface area contributed by atoms with Crippen molar-refractivity contribution in [2.75, 3.05) is 58.4 Å². The molecule has 1 atom stereocenters. The van der Waals surface area contributed by atoms with Crippen molar-refractivity contribution in [3.8, 4) is 11.5 Å². The Kier molecular flexibility index (Phi) is 9.99. The van der Waals surface area contributed by atoms with Crippen LogP contribution in [0.1, 0.15) is 24.9 Å². The van der Waals surface area contributed by atoms with Crippen LogP contribution in [-0.4, -0.2) is 69.9 Å². The van der Waals surface area contributed by atoms with Crippen molar-refractivity contribution in [3.05, 3.63) is 54.1 Å². The van der Waals surface area contributed by atoms with Gasteiger partial charge in [0.1, 0.15) is 0 Å². The molecule has 3 N–H and O–H groups in total. The second-order valence-electron chi connectivity index (χ2n) is 7.81. The number of carbonyl (C=O) groups is 2. The summed E-state index contributed by atoms with van der Waals surface area (Å²) in [7, 11) is 1.62. The van der Waals surface area contributed by atoms with E-state index < -0.39 is 0 Å². The zero-order valence-corrected chi connectivity index (χ0v) is 19.8. The molecule has 1 fully saturated rings. The molecule has 1 aliphatic rings. The molecule has 9 heteroatoms. The summed E-state index contributed by atoms with van der Waals surface area (Å²) < 4.78 is 16.7. The van der Waals surface area contributed by atoms with Crippen LogP contribution in [0.25, 0.3) is 0 Å². The molecule has 2 aromatic rings. The van der Waals surface area contributed by atoms with Gasteiger partial charge in [0.25, 0.3) is 0 Å². The van der Waals surface area contributed by atoms with Crippen LogP contribution in [0.2, 0.25) is 0 Å². The van der Waals surface area contributed by atoms with Crippen LogP contribution in [0.4, 0.5) is 10.5 Å². The van der Waals surface area contributed by atoms with Gasteiger partial charge in [-0.1, -0.05) is 24.3 Å². The number of hydrogen-bond donors (Lipinski definition) is 3. The maximum atomic E-state index is 12.5. The molecular formula is C25H34N4O5. The van der Waals surface area contributed by atoms with E-state index in [0.717, 1.165) is 18.7 Å². The van der Waals surface area contributed by atoms with Crippen LogP contribution < -0.4 is 25.4 Å². The molecule has 1 unspecified atom stereocenters. The highest BCUT2D eigenvalue weighted by Gasteiger charge is 2.24. The molecule has 0 spiro atoms. The van der Waals surface area contributed by atoms with Crippen LogP contribution in [0.5, 0.6) is 11.5 Å². The van der Waals surface area contributed by atoms with Gasteiger partial charge in [0.2, 0.25) is 5.91 Å². The number of nitrogens with zero attached hydrogens (tertiary/aromatic N) is 1. The number of carbonyl (C=O) groups excluding carboxylic acids is 2. The van der Waals surface area contributed by atoms with Gasteiger partial charge in [-0.3, -0.25) is 9.69 Å². The van der Waals surface area contributed by atoms with Gasteiger partial charge in [0.05, 0.1) is 33.0 Å². The Morgan fingerprint density at radius 2 is 1.82 bits per heavy atom. The van der Waals surface area contributed by atoms with Gasteiger partial charge >= 0.3 is 6.03 Å². The standard InChI is InChI=1S/C25H34N4O5/c1-3-34-22-10-9-19(17-23(22)32-2)21(29-13-15-33-16-14-29)18-27-24(30)11-12-26-25(31)28-20-7-5-4-6-8-20/h4-10,17,21H,3,11-16,18H2,1-2H3,(H,27,30)(H2,26,28,31). The predicted octanol–water partition coefficient (Wildman–Crippen LogP) is 2.80. The Hall–Kier alpha value is -3.30. The van der Waals surface area contributed by atoms with Crippen LogP contribution in [0.15, 0.2) is 48.5 Å². The summed E-state index contributed by atoms with van der Waals surface area (Å²) in [6.45, 7) is 6.01. The molecule has 0 radical (unpaired) electrons. The molecule has 0 saturated carbocycles. The molecule has 0 aromatic heterocycles. The van der Waals surface area contributed by atoms with Crippen molar-refractivity contribution in [2.24, 2.45) is 0 Å². The second kappa shape index (κ2) is 13.4. The molecule has 0 bridgehead atoms. The summed E-state index contributed by atoms with van der Waals surface area (Å²) in [4.78, 5) is 26.8. The summed E-state index contributed by atoms with van der Waals surface area (Å²) in [6, 6.07) is 14.7. The molecule has 1 saturated heterocycles. The fraction of sp³-hybridized carbons (Fsp3) is 0.440. The summed E-state index contributed by atoms with van der Waals surface area (Å²) in [5, 5.41) is 8.46. The molecule has 3 rings (SSSR count). The summed E-state index contributed by atoms with van der Waals surface area (Å²) in [6.07, 6.45) is 0.185. The Labute approximate surface area is 200 Å². The van der Waals surface area contributed by atoms with Crippen molar-refractivity contribution in [3.63, 3.8) is 0 Å². The molecule has 1 aliphatic heterocycles. The minimum atomic E-state index is -0.341. The van der Waals surface area contributed by atoms with Crippen molar-refractivity contribution in [1.29, 1.82) is 0 Å². The quantitative estimate of drug-likeness (QED) is 0.467. The minimum absolute atomic E-state index is 0.0354. The SMILES string of the molecule is CCOc1ccc(C(CNC(=O)CCNC(=O)Nc2ccccc2)N2CCOCC2)cc1OC. The summed E-state index contributed by atoms with van der Waals surface area (Å²) in [5.74, 6) is 1.23. The number of ether oxygens (including phenoxy) is 3. The van der Waals surface area contributed by atoms with Crippen molar-refractivity contribution in [2.45, 2.75) is 19.4 Å². The zero-order valence-electron chi connectivity index (χ0n) is 19.8. The fourth-order valence-corrected chi connectivity index (χ4v) is 3.80. The largest absolute Gasteiger partial charge is 0.493 e. The van der Waals surface area contributed by atoms with E-state index in [1.165, 1.54) is 0 Å². The van der Waals surface area contributed by atoms with Crippen LogP contribution in [-0.2, 0) is 9.53 Å². The Balaban J connectivity index is 1.54. The lowest BCUT2D eigenvalue weighted by molar-refractivity contribution is -0.121. The number of morpholine rings is 1. The van der Waals surface area contributed by atoms with Gasteiger partial charge in [-0.15, -0.1) is 0 Å². The third kappa shape index (κ3) is 7.64. The Morgan fingerprint density at radius 1 is 1.06 bits per heavy atom. The molecule has 9 nitrogen and oxygen atoms in total. The van der Waals surface area contributed by atoms with E-state index in [-0.39, 0.29) is 30.9 Å². The van der Waals surface area contributed by atoms with Crippen LogP contribution in [0, 0.1) is 0 Å². The van der Waals surface area contributed by atoms with E-state index in [1.807, 2.05) is 43.3 Å². The van der Waals surface area contributed by atoms with E-state index in [1.54, 1.807) is 19.2 Å². The second-order valence-corrected chi connectivity index (χ2v) is 7.81. The monoisotopic (exact) mass is 470 g/mol. The average Bonchev–Trinajstić information content (AvgIpc) is 2.86. The molecule has 1 heterocycles. The zero-order chi connectivity index (χ0) is 24.2. The van der Waals surface area contributed by atoms with Crippen molar-refractivity contribution in [1.82, 2.24) is 15.5 Å². The number of benzene rings is 2. The molecule has 34 heavy (non-hydrogen) atoms. The third-order valence-corrected chi connectivity index (χ3v) is 5.52. The first-order valence-electron chi connectivity index (χ1n) is 11.6. The maximum Gasteiger partial charge on any atom is 0.319 e. The minimum Gasteiger partial charge on any atom is -0.493 e. The number of amides is 3. The first kappa shape index (κ1) is 25.3. The number of hydrogen-bond acceptors (Lipinski definition) is 6. The predicted molar refractivity (Wildman–Crippen MR) is 130 cm³/mol. The van der Waals surface area contributed by atoms with Gasteiger partial charge in [0.15, 0.2) is 11.5 Å². The average molecular weight is 471 g/mol. The maximum absolute atomic E-state index is 12.5. The van der Waals surface area contributed by atoms with Gasteiger partial charge in [-0.25, -0.2) is 4.79 Å². The van der Waals surface area contributed by atoms with E-state index in [4.69, 9.17) is 14.2 Å². The lowest BCUT2D eigenvalue weighted by Crippen LogP contribution is -2.44.